The largest absolute Gasteiger partial charge is 0.497 e. The summed E-state index contributed by atoms with van der Waals surface area (Å²) in [7, 11) is 1.60. The lowest BCUT2D eigenvalue weighted by molar-refractivity contribution is 0.415. The number of nitriles is 1. The number of nitrogens with zero attached hydrogens (tertiary/aromatic N) is 1. The highest BCUT2D eigenvalue weighted by molar-refractivity contribution is 7.98. The van der Waals surface area contributed by atoms with E-state index >= 15 is 0 Å². The minimum absolute atomic E-state index is 0.0562. The van der Waals surface area contributed by atoms with Crippen molar-refractivity contribution in [2.75, 3.05) is 13.4 Å². The molecule has 1 heterocycles. The van der Waals surface area contributed by atoms with E-state index in [-0.39, 0.29) is 5.56 Å². The molecular formula is C21H17NO3S. The fourth-order valence-electron chi connectivity index (χ4n) is 2.81. The molecule has 2 aromatic carbocycles. The van der Waals surface area contributed by atoms with Crippen molar-refractivity contribution in [3.63, 3.8) is 0 Å². The van der Waals surface area contributed by atoms with Crippen LogP contribution in [0.4, 0.5) is 0 Å². The van der Waals surface area contributed by atoms with Gasteiger partial charge in [0.15, 0.2) is 5.56 Å². The van der Waals surface area contributed by atoms with E-state index in [4.69, 9.17) is 9.15 Å². The molecular weight excluding hydrogens is 346 g/mol. The van der Waals surface area contributed by atoms with Crippen molar-refractivity contribution in [3.05, 3.63) is 81.7 Å². The zero-order valence-electron chi connectivity index (χ0n) is 14.5. The van der Waals surface area contributed by atoms with E-state index in [1.807, 2.05) is 66.9 Å². The number of hydrogen-bond donors (Lipinski definition) is 0. The van der Waals surface area contributed by atoms with Gasteiger partial charge in [-0.05, 0) is 36.1 Å². The summed E-state index contributed by atoms with van der Waals surface area (Å²) in [6.07, 6.45) is 2.43. The Bertz CT molecular complexity index is 1000. The maximum atomic E-state index is 12.3. The molecule has 0 radical (unpaired) electrons. The van der Waals surface area contributed by atoms with Gasteiger partial charge in [0, 0.05) is 22.4 Å². The Hall–Kier alpha value is -2.97. The average molecular weight is 363 g/mol. The van der Waals surface area contributed by atoms with Crippen LogP contribution in [-0.4, -0.2) is 13.4 Å². The first kappa shape index (κ1) is 17.8. The average Bonchev–Trinajstić information content (AvgIpc) is 2.69. The van der Waals surface area contributed by atoms with E-state index in [0.29, 0.717) is 17.1 Å². The summed E-state index contributed by atoms with van der Waals surface area (Å²) in [5.41, 5.74) is 2.13. The number of thioether (sulfide) groups is 1. The van der Waals surface area contributed by atoms with Gasteiger partial charge in [0.25, 0.3) is 0 Å². The Kier molecular flexibility index (Phi) is 5.45. The van der Waals surface area contributed by atoms with E-state index in [0.717, 1.165) is 22.4 Å². The Morgan fingerprint density at radius 1 is 1.12 bits per heavy atom. The van der Waals surface area contributed by atoms with Gasteiger partial charge in [-0.3, -0.25) is 0 Å². The van der Waals surface area contributed by atoms with Crippen LogP contribution in [0.25, 0.3) is 11.3 Å². The molecule has 0 N–H and O–H groups in total. The topological polar surface area (TPSA) is 63.2 Å². The summed E-state index contributed by atoms with van der Waals surface area (Å²) >= 11 is 1.39. The third kappa shape index (κ3) is 3.51. The second kappa shape index (κ2) is 7.94. The molecule has 3 rings (SSSR count). The summed E-state index contributed by atoms with van der Waals surface area (Å²) in [6, 6.07) is 19.2. The third-order valence-corrected chi connectivity index (χ3v) is 4.92. The molecule has 0 spiro atoms. The van der Waals surface area contributed by atoms with E-state index < -0.39 is 5.63 Å². The van der Waals surface area contributed by atoms with E-state index in [9.17, 15) is 10.1 Å². The molecule has 0 atom stereocenters. The molecule has 0 saturated heterocycles. The van der Waals surface area contributed by atoms with Crippen molar-refractivity contribution < 1.29 is 9.15 Å². The number of ether oxygens (including phenoxy) is 1. The molecule has 0 aliphatic rings. The Morgan fingerprint density at radius 2 is 1.81 bits per heavy atom. The lowest BCUT2D eigenvalue weighted by atomic mass is 9.99. The molecule has 0 aliphatic carbocycles. The lowest BCUT2D eigenvalue weighted by Gasteiger charge is -2.14. The Balaban J connectivity index is 2.23. The molecule has 26 heavy (non-hydrogen) atoms. The van der Waals surface area contributed by atoms with E-state index in [1.165, 1.54) is 11.8 Å². The first-order valence-electron chi connectivity index (χ1n) is 8.00. The number of methoxy groups -OCH3 is 1. The second-order valence-corrected chi connectivity index (χ2v) is 6.42. The van der Waals surface area contributed by atoms with Crippen molar-refractivity contribution in [3.8, 4) is 23.1 Å². The maximum Gasteiger partial charge on any atom is 0.355 e. The van der Waals surface area contributed by atoms with Crippen molar-refractivity contribution in [1.29, 1.82) is 5.26 Å². The minimum atomic E-state index is -0.612. The van der Waals surface area contributed by atoms with Crippen LogP contribution in [0.3, 0.4) is 0 Å². The predicted octanol–water partition coefficient (Wildman–Crippen LogP) is 4.50. The van der Waals surface area contributed by atoms with Gasteiger partial charge in [0.1, 0.15) is 17.6 Å². The van der Waals surface area contributed by atoms with Crippen LogP contribution in [-0.2, 0) is 6.42 Å². The van der Waals surface area contributed by atoms with Gasteiger partial charge in [-0.2, -0.15) is 5.26 Å². The molecule has 4 nitrogen and oxygen atoms in total. The number of benzene rings is 2. The van der Waals surface area contributed by atoms with Crippen LogP contribution in [0.1, 0.15) is 16.7 Å². The third-order valence-electron chi connectivity index (χ3n) is 4.07. The SMILES string of the molecule is COc1ccc(-c2oc(=O)c(C#N)c(SC)c2Cc2ccccc2)cc1. The van der Waals surface area contributed by atoms with Crippen molar-refractivity contribution >= 4 is 11.8 Å². The van der Waals surface area contributed by atoms with Gasteiger partial charge in [0.2, 0.25) is 0 Å². The monoisotopic (exact) mass is 363 g/mol. The van der Waals surface area contributed by atoms with Gasteiger partial charge in [-0.1, -0.05) is 30.3 Å². The molecule has 130 valence electrons. The van der Waals surface area contributed by atoms with Crippen LogP contribution in [0.2, 0.25) is 0 Å². The van der Waals surface area contributed by atoms with Gasteiger partial charge < -0.3 is 9.15 Å². The molecule has 3 aromatic rings. The summed E-state index contributed by atoms with van der Waals surface area (Å²) in [6.45, 7) is 0. The quantitative estimate of drug-likeness (QED) is 0.625. The maximum absolute atomic E-state index is 12.3. The normalized spacial score (nSPS) is 10.3. The molecule has 0 saturated carbocycles. The van der Waals surface area contributed by atoms with Crippen molar-refractivity contribution in [1.82, 2.24) is 0 Å². The van der Waals surface area contributed by atoms with Crippen LogP contribution >= 0.6 is 11.8 Å². The molecule has 0 unspecified atom stereocenters. The first-order chi connectivity index (χ1) is 12.7. The van der Waals surface area contributed by atoms with Crippen LogP contribution in [0.5, 0.6) is 5.75 Å². The van der Waals surface area contributed by atoms with Gasteiger partial charge >= 0.3 is 5.63 Å². The van der Waals surface area contributed by atoms with Gasteiger partial charge in [-0.15, -0.1) is 11.8 Å². The molecule has 5 heteroatoms. The molecule has 0 fully saturated rings. The van der Waals surface area contributed by atoms with Crippen molar-refractivity contribution in [2.45, 2.75) is 11.3 Å². The van der Waals surface area contributed by atoms with Gasteiger partial charge in [-0.25, -0.2) is 4.79 Å². The first-order valence-corrected chi connectivity index (χ1v) is 9.22. The fraction of sp³-hybridized carbons (Fsp3) is 0.143. The van der Waals surface area contributed by atoms with Crippen molar-refractivity contribution in [2.24, 2.45) is 0 Å². The standard InChI is InChI=1S/C21H17NO3S/c1-24-16-10-8-15(9-11-16)19-17(12-14-6-4-3-5-7-14)20(26-2)18(13-22)21(23)25-19/h3-11H,12H2,1-2H3. The highest BCUT2D eigenvalue weighted by Crippen LogP contribution is 2.34. The molecule has 1 aromatic heterocycles. The molecule has 0 aliphatic heterocycles. The summed E-state index contributed by atoms with van der Waals surface area (Å²) in [4.78, 5) is 13.0. The molecule has 0 amide bonds. The van der Waals surface area contributed by atoms with Gasteiger partial charge in [0.05, 0.1) is 7.11 Å². The molecule has 0 bridgehead atoms. The highest BCUT2D eigenvalue weighted by atomic mass is 32.2. The minimum Gasteiger partial charge on any atom is -0.497 e. The fourth-order valence-corrected chi connectivity index (χ4v) is 3.55. The van der Waals surface area contributed by atoms with E-state index in [2.05, 4.69) is 0 Å². The number of rotatable bonds is 5. The summed E-state index contributed by atoms with van der Waals surface area (Å²) in [5.74, 6) is 1.21. The van der Waals surface area contributed by atoms with E-state index in [1.54, 1.807) is 7.11 Å². The Labute approximate surface area is 156 Å². The summed E-state index contributed by atoms with van der Waals surface area (Å²) in [5, 5.41) is 9.41. The zero-order chi connectivity index (χ0) is 18.5. The lowest BCUT2D eigenvalue weighted by Crippen LogP contribution is -2.11. The zero-order valence-corrected chi connectivity index (χ0v) is 15.3. The van der Waals surface area contributed by atoms with Crippen LogP contribution in [0.15, 0.2) is 68.7 Å². The predicted molar refractivity (Wildman–Crippen MR) is 103 cm³/mol. The second-order valence-electron chi connectivity index (χ2n) is 5.61. The summed E-state index contributed by atoms with van der Waals surface area (Å²) < 4.78 is 10.8. The highest BCUT2D eigenvalue weighted by Gasteiger charge is 2.20. The smallest absolute Gasteiger partial charge is 0.355 e. The van der Waals surface area contributed by atoms with Crippen LogP contribution in [0, 0.1) is 11.3 Å². The Morgan fingerprint density at radius 3 is 2.38 bits per heavy atom. The van der Waals surface area contributed by atoms with Crippen LogP contribution < -0.4 is 10.4 Å². The number of hydrogen-bond acceptors (Lipinski definition) is 5.